The van der Waals surface area contributed by atoms with Crippen molar-refractivity contribution in [3.63, 3.8) is 0 Å². The molecule has 3 heterocycles. The molecule has 1 aliphatic heterocycles. The van der Waals surface area contributed by atoms with Gasteiger partial charge in [0.1, 0.15) is 5.75 Å². The van der Waals surface area contributed by atoms with E-state index >= 15 is 0 Å². The molecule has 0 bridgehead atoms. The number of anilines is 1. The second-order valence-corrected chi connectivity index (χ2v) is 6.52. The summed E-state index contributed by atoms with van der Waals surface area (Å²) in [5.74, 6) is 0.322. The topological polar surface area (TPSA) is 69.6 Å². The number of nitrogens with zero attached hydrogens (tertiary/aromatic N) is 4. The van der Waals surface area contributed by atoms with Crippen molar-refractivity contribution in [1.82, 2.24) is 14.9 Å². The number of rotatable bonds is 5. The van der Waals surface area contributed by atoms with Gasteiger partial charge in [0.15, 0.2) is 5.69 Å². The van der Waals surface area contributed by atoms with Gasteiger partial charge in [0.25, 0.3) is 5.91 Å². The van der Waals surface area contributed by atoms with Gasteiger partial charge < -0.3 is 14.9 Å². The lowest BCUT2D eigenvalue weighted by Gasteiger charge is -2.34. The van der Waals surface area contributed by atoms with Crippen molar-refractivity contribution in [2.75, 3.05) is 31.6 Å². The van der Waals surface area contributed by atoms with Gasteiger partial charge in [-0.15, -0.1) is 0 Å². The lowest BCUT2D eigenvalue weighted by molar-refractivity contribution is 0.0776. The number of piperidine rings is 1. The van der Waals surface area contributed by atoms with E-state index in [4.69, 9.17) is 0 Å². The van der Waals surface area contributed by atoms with Gasteiger partial charge in [-0.05, 0) is 49.4 Å². The maximum atomic E-state index is 12.4. The van der Waals surface area contributed by atoms with E-state index < -0.39 is 0 Å². The van der Waals surface area contributed by atoms with Crippen molar-refractivity contribution in [2.24, 2.45) is 5.92 Å². The molecule has 1 fully saturated rings. The first-order chi connectivity index (χ1) is 12.1. The summed E-state index contributed by atoms with van der Waals surface area (Å²) in [7, 11) is 1.77. The van der Waals surface area contributed by atoms with E-state index in [1.54, 1.807) is 18.0 Å². The van der Waals surface area contributed by atoms with Crippen LogP contribution in [-0.2, 0) is 0 Å². The van der Waals surface area contributed by atoms with Gasteiger partial charge in [-0.3, -0.25) is 9.78 Å². The second kappa shape index (κ2) is 7.96. The fraction of sp³-hybridized carbons (Fsp3) is 0.421. The van der Waals surface area contributed by atoms with E-state index in [1.807, 2.05) is 24.5 Å². The average Bonchev–Trinajstić information content (AvgIpc) is 2.67. The highest BCUT2D eigenvalue weighted by Crippen LogP contribution is 2.25. The molecular weight excluding hydrogens is 316 g/mol. The number of hydrogen-bond donors (Lipinski definition) is 1. The van der Waals surface area contributed by atoms with Crippen LogP contribution in [-0.4, -0.2) is 52.6 Å². The fourth-order valence-corrected chi connectivity index (χ4v) is 3.25. The van der Waals surface area contributed by atoms with Crippen LogP contribution in [0.15, 0.2) is 42.9 Å². The first-order valence-electron chi connectivity index (χ1n) is 8.69. The summed E-state index contributed by atoms with van der Waals surface area (Å²) < 4.78 is 0. The first kappa shape index (κ1) is 17.2. The molecule has 0 saturated carbocycles. The molecular formula is C19H24N4O2. The Hall–Kier alpha value is -2.63. The summed E-state index contributed by atoms with van der Waals surface area (Å²) in [5, 5.41) is 9.76. The summed E-state index contributed by atoms with van der Waals surface area (Å²) in [6.07, 6.45) is 8.40. The third kappa shape index (κ3) is 4.26. The zero-order valence-electron chi connectivity index (χ0n) is 14.5. The fourth-order valence-electron chi connectivity index (χ4n) is 3.25. The van der Waals surface area contributed by atoms with Gasteiger partial charge in [-0.1, -0.05) is 0 Å². The number of aromatic nitrogens is 2. The van der Waals surface area contributed by atoms with Crippen LogP contribution in [0.25, 0.3) is 0 Å². The molecule has 2 aromatic rings. The summed E-state index contributed by atoms with van der Waals surface area (Å²) >= 11 is 0. The molecule has 0 aromatic carbocycles. The van der Waals surface area contributed by atoms with Crippen molar-refractivity contribution < 1.29 is 9.90 Å². The van der Waals surface area contributed by atoms with E-state index in [-0.39, 0.29) is 17.4 Å². The van der Waals surface area contributed by atoms with Gasteiger partial charge in [-0.25, -0.2) is 4.98 Å². The van der Waals surface area contributed by atoms with Crippen molar-refractivity contribution in [3.05, 3.63) is 48.5 Å². The molecule has 1 N–H and O–H groups in total. The van der Waals surface area contributed by atoms with E-state index in [2.05, 4.69) is 14.9 Å². The first-order valence-corrected chi connectivity index (χ1v) is 8.69. The van der Waals surface area contributed by atoms with Crippen LogP contribution in [0.5, 0.6) is 5.75 Å². The maximum Gasteiger partial charge on any atom is 0.276 e. The molecule has 1 saturated heterocycles. The van der Waals surface area contributed by atoms with Crippen LogP contribution in [0.1, 0.15) is 29.8 Å². The molecule has 0 atom stereocenters. The molecule has 0 radical (unpaired) electrons. The van der Waals surface area contributed by atoms with E-state index in [0.29, 0.717) is 12.5 Å². The van der Waals surface area contributed by atoms with Crippen LogP contribution in [0, 0.1) is 5.92 Å². The van der Waals surface area contributed by atoms with E-state index in [9.17, 15) is 9.90 Å². The molecule has 2 aromatic heterocycles. The standard InChI is InChI=1S/C19H24N4O2/c1-22(19(25)18-17(24)3-2-9-21-18)12-6-15-7-13-23(14-8-15)16-4-10-20-11-5-16/h2-5,9-11,15,24H,6-8,12-14H2,1H3. The molecule has 6 nitrogen and oxygen atoms in total. The number of carbonyl (C=O) groups excluding carboxylic acids is 1. The smallest absolute Gasteiger partial charge is 0.276 e. The maximum absolute atomic E-state index is 12.4. The number of aromatic hydroxyl groups is 1. The Morgan fingerprint density at radius 3 is 2.64 bits per heavy atom. The van der Waals surface area contributed by atoms with Gasteiger partial charge in [0.2, 0.25) is 0 Å². The summed E-state index contributed by atoms with van der Waals surface area (Å²) in [4.78, 5) is 24.5. The van der Waals surface area contributed by atoms with E-state index in [1.165, 1.54) is 18.0 Å². The highest BCUT2D eigenvalue weighted by Gasteiger charge is 2.22. The lowest BCUT2D eigenvalue weighted by atomic mass is 9.93. The number of carbonyl (C=O) groups is 1. The second-order valence-electron chi connectivity index (χ2n) is 6.52. The minimum Gasteiger partial charge on any atom is -0.505 e. The van der Waals surface area contributed by atoms with Crippen LogP contribution in [0.2, 0.25) is 0 Å². The van der Waals surface area contributed by atoms with Crippen LogP contribution >= 0.6 is 0 Å². The van der Waals surface area contributed by atoms with Gasteiger partial charge >= 0.3 is 0 Å². The van der Waals surface area contributed by atoms with E-state index in [0.717, 1.165) is 32.4 Å². The van der Waals surface area contributed by atoms with Gasteiger partial charge in [0, 0.05) is 51.0 Å². The Kier molecular flexibility index (Phi) is 5.48. The SMILES string of the molecule is CN(CCC1CCN(c2ccncc2)CC1)C(=O)c1ncccc1O. The number of amides is 1. The molecule has 1 amide bonds. The Morgan fingerprint density at radius 1 is 1.24 bits per heavy atom. The third-order valence-electron chi connectivity index (χ3n) is 4.85. The van der Waals surface area contributed by atoms with Crippen molar-refractivity contribution in [1.29, 1.82) is 0 Å². The Labute approximate surface area is 148 Å². The minimum atomic E-state index is -0.229. The molecule has 0 aliphatic carbocycles. The predicted molar refractivity (Wildman–Crippen MR) is 96.7 cm³/mol. The molecule has 3 rings (SSSR count). The molecule has 132 valence electrons. The summed E-state index contributed by atoms with van der Waals surface area (Å²) in [5.41, 5.74) is 1.35. The highest BCUT2D eigenvalue weighted by atomic mass is 16.3. The normalized spacial score (nSPS) is 15.2. The largest absolute Gasteiger partial charge is 0.505 e. The minimum absolute atomic E-state index is 0.0648. The predicted octanol–water partition coefficient (Wildman–Crippen LogP) is 2.56. The Balaban J connectivity index is 1.47. The van der Waals surface area contributed by atoms with Crippen molar-refractivity contribution >= 4 is 11.6 Å². The zero-order chi connectivity index (χ0) is 17.6. The molecule has 0 unspecified atom stereocenters. The summed E-state index contributed by atoms with van der Waals surface area (Å²) in [6, 6.07) is 7.20. The Morgan fingerprint density at radius 2 is 1.96 bits per heavy atom. The monoisotopic (exact) mass is 340 g/mol. The lowest BCUT2D eigenvalue weighted by Crippen LogP contribution is -2.35. The zero-order valence-corrected chi connectivity index (χ0v) is 14.5. The van der Waals surface area contributed by atoms with Crippen LogP contribution in [0.3, 0.4) is 0 Å². The highest BCUT2D eigenvalue weighted by molar-refractivity contribution is 5.94. The Bertz CT molecular complexity index is 700. The number of pyridine rings is 2. The van der Waals surface area contributed by atoms with Crippen LogP contribution in [0.4, 0.5) is 5.69 Å². The number of hydrogen-bond acceptors (Lipinski definition) is 5. The van der Waals surface area contributed by atoms with Gasteiger partial charge in [-0.2, -0.15) is 0 Å². The summed E-state index contributed by atoms with van der Waals surface area (Å²) in [6.45, 7) is 2.75. The molecule has 6 heteroatoms. The molecule has 25 heavy (non-hydrogen) atoms. The quantitative estimate of drug-likeness (QED) is 0.906. The van der Waals surface area contributed by atoms with Gasteiger partial charge in [0.05, 0.1) is 0 Å². The molecule has 1 aliphatic rings. The van der Waals surface area contributed by atoms with Crippen LogP contribution < -0.4 is 4.90 Å². The average molecular weight is 340 g/mol. The van der Waals surface area contributed by atoms with Crippen molar-refractivity contribution in [2.45, 2.75) is 19.3 Å². The third-order valence-corrected chi connectivity index (χ3v) is 4.85. The molecule has 0 spiro atoms. The van der Waals surface area contributed by atoms with Crippen molar-refractivity contribution in [3.8, 4) is 5.75 Å².